The Labute approximate surface area is 272 Å². The van der Waals surface area contributed by atoms with Crippen molar-refractivity contribution in [2.45, 2.75) is 219 Å². The van der Waals surface area contributed by atoms with Crippen LogP contribution in [-0.2, 0) is 19.1 Å². The highest BCUT2D eigenvalue weighted by Crippen LogP contribution is 2.15. The molecule has 0 aromatic rings. The molecule has 0 bridgehead atoms. The highest BCUT2D eigenvalue weighted by Gasteiger charge is 2.23. The molecule has 0 aliphatic heterocycles. The summed E-state index contributed by atoms with van der Waals surface area (Å²) in [6, 6.07) is -1.22. The highest BCUT2D eigenvalue weighted by molar-refractivity contribution is 5.87. The predicted molar refractivity (Wildman–Crippen MR) is 185 cm³/mol. The Hall–Kier alpha value is -1.59. The maximum Gasteiger partial charge on any atom is 0.326 e. The number of carboxylic acids is 1. The van der Waals surface area contributed by atoms with Gasteiger partial charge in [-0.3, -0.25) is 9.59 Å². The van der Waals surface area contributed by atoms with Crippen LogP contribution in [0.4, 0.5) is 0 Å². The number of carbonyl (C=O) groups excluding carboxylic acids is 2. The lowest BCUT2D eigenvalue weighted by Crippen LogP contribution is -2.42. The van der Waals surface area contributed by atoms with E-state index in [1.807, 2.05) is 0 Å². The maximum atomic E-state index is 12.3. The van der Waals surface area contributed by atoms with E-state index in [0.29, 0.717) is 13.0 Å². The van der Waals surface area contributed by atoms with Gasteiger partial charge in [0, 0.05) is 6.42 Å². The van der Waals surface area contributed by atoms with Crippen LogP contribution in [0.2, 0.25) is 0 Å². The smallest absolute Gasteiger partial charge is 0.326 e. The van der Waals surface area contributed by atoms with Crippen LogP contribution in [0, 0.1) is 0 Å². The van der Waals surface area contributed by atoms with E-state index >= 15 is 0 Å². The van der Waals surface area contributed by atoms with Crippen LogP contribution in [0.3, 0.4) is 0 Å². The number of rotatable bonds is 35. The van der Waals surface area contributed by atoms with E-state index in [2.05, 4.69) is 19.2 Å². The Kier molecular flexibility index (Phi) is 33.0. The number of carboxylic acid groups (broad SMARTS) is 1. The molecule has 0 heterocycles. The third-order valence-corrected chi connectivity index (χ3v) is 8.77. The quantitative estimate of drug-likeness (QED) is 0.0541. The number of nitrogens with one attached hydrogen (secondary N) is 1. The largest absolute Gasteiger partial charge is 0.480 e. The number of hydrogen-bond donors (Lipinski definition) is 2. The summed E-state index contributed by atoms with van der Waals surface area (Å²) in [7, 11) is 0. The maximum absolute atomic E-state index is 12.3. The molecule has 0 rings (SSSR count). The van der Waals surface area contributed by atoms with E-state index in [0.717, 1.165) is 38.5 Å². The number of esters is 1. The fourth-order valence-electron chi connectivity index (χ4n) is 5.83. The summed E-state index contributed by atoms with van der Waals surface area (Å²) in [6.45, 7) is 4.84. The minimum absolute atomic E-state index is 0.299. The summed E-state index contributed by atoms with van der Waals surface area (Å²) in [5.74, 6) is -2.05. The zero-order valence-corrected chi connectivity index (χ0v) is 29.3. The molecule has 1 amide bonds. The van der Waals surface area contributed by atoms with Gasteiger partial charge in [0.1, 0.15) is 6.04 Å². The molecule has 0 aliphatic carbocycles. The SMILES string of the molecule is CCCCCCCCCCCCCCCCCC(=O)N[C@@H](CC(=O)OCCCCCCCCCCCCCCCC)C(=O)O. The minimum atomic E-state index is -1.22. The monoisotopic (exact) mass is 624 g/mol. The fourth-order valence-corrected chi connectivity index (χ4v) is 5.83. The summed E-state index contributed by atoms with van der Waals surface area (Å²) in [4.78, 5) is 36.0. The van der Waals surface area contributed by atoms with Crippen molar-refractivity contribution in [3.05, 3.63) is 0 Å². The van der Waals surface area contributed by atoms with Gasteiger partial charge in [-0.2, -0.15) is 0 Å². The third-order valence-electron chi connectivity index (χ3n) is 8.77. The fraction of sp³-hybridized carbons (Fsp3) is 0.921. The molecule has 6 nitrogen and oxygen atoms in total. The number of carbonyl (C=O) groups is 3. The minimum Gasteiger partial charge on any atom is -0.480 e. The van der Waals surface area contributed by atoms with Crippen molar-refractivity contribution >= 4 is 17.8 Å². The number of unbranched alkanes of at least 4 members (excludes halogenated alkanes) is 27. The number of hydrogen-bond acceptors (Lipinski definition) is 4. The van der Waals surface area contributed by atoms with Crippen LogP contribution in [0.15, 0.2) is 0 Å². The van der Waals surface area contributed by atoms with Gasteiger partial charge in [-0.25, -0.2) is 4.79 Å². The van der Waals surface area contributed by atoms with Gasteiger partial charge in [0.2, 0.25) is 5.91 Å². The van der Waals surface area contributed by atoms with Gasteiger partial charge in [-0.1, -0.05) is 187 Å². The molecule has 0 radical (unpaired) electrons. The topological polar surface area (TPSA) is 92.7 Å². The second kappa shape index (κ2) is 34.3. The van der Waals surface area contributed by atoms with Gasteiger partial charge in [-0.05, 0) is 12.8 Å². The third kappa shape index (κ3) is 31.8. The van der Waals surface area contributed by atoms with Crippen molar-refractivity contribution in [3.8, 4) is 0 Å². The summed E-state index contributed by atoms with van der Waals surface area (Å²) >= 11 is 0. The van der Waals surface area contributed by atoms with E-state index in [1.54, 1.807) is 0 Å². The van der Waals surface area contributed by atoms with Gasteiger partial charge in [-0.15, -0.1) is 0 Å². The van der Waals surface area contributed by atoms with Gasteiger partial charge in [0.05, 0.1) is 13.0 Å². The molecule has 1 atom stereocenters. The predicted octanol–water partition coefficient (Wildman–Crippen LogP) is 11.2. The first-order valence-corrected chi connectivity index (χ1v) is 19.2. The van der Waals surface area contributed by atoms with Gasteiger partial charge < -0.3 is 15.2 Å². The second-order valence-electron chi connectivity index (χ2n) is 13.2. The van der Waals surface area contributed by atoms with E-state index in [-0.39, 0.29) is 12.3 Å². The van der Waals surface area contributed by atoms with Crippen LogP contribution >= 0.6 is 0 Å². The lowest BCUT2D eigenvalue weighted by Gasteiger charge is -2.14. The van der Waals surface area contributed by atoms with E-state index in [4.69, 9.17) is 4.74 Å². The molecule has 0 saturated heterocycles. The van der Waals surface area contributed by atoms with Crippen molar-refractivity contribution in [1.29, 1.82) is 0 Å². The molecule has 0 aromatic heterocycles. The average molecular weight is 624 g/mol. The van der Waals surface area contributed by atoms with E-state index in [1.165, 1.54) is 148 Å². The van der Waals surface area contributed by atoms with E-state index in [9.17, 15) is 19.5 Å². The molecule has 44 heavy (non-hydrogen) atoms. The molecule has 0 saturated carbocycles. The molecule has 0 fully saturated rings. The molecular formula is C38H73NO5. The van der Waals surface area contributed by atoms with Crippen molar-refractivity contribution in [2.24, 2.45) is 0 Å². The molecule has 0 aromatic carbocycles. The van der Waals surface area contributed by atoms with Crippen molar-refractivity contribution < 1.29 is 24.2 Å². The highest BCUT2D eigenvalue weighted by atomic mass is 16.5. The Morgan fingerprint density at radius 2 is 0.818 bits per heavy atom. The molecule has 0 aliphatic rings. The summed E-state index contributed by atoms with van der Waals surface area (Å²) in [6.07, 6.45) is 36.6. The zero-order chi connectivity index (χ0) is 32.4. The first-order chi connectivity index (χ1) is 21.5. The summed E-state index contributed by atoms with van der Waals surface area (Å²) in [5, 5.41) is 12.0. The van der Waals surface area contributed by atoms with Crippen molar-refractivity contribution in [3.63, 3.8) is 0 Å². The van der Waals surface area contributed by atoms with Crippen molar-refractivity contribution in [1.82, 2.24) is 5.32 Å². The first kappa shape index (κ1) is 42.4. The Morgan fingerprint density at radius 3 is 1.16 bits per heavy atom. The van der Waals surface area contributed by atoms with Gasteiger partial charge in [0.25, 0.3) is 0 Å². The number of amides is 1. The molecule has 0 unspecified atom stereocenters. The lowest BCUT2D eigenvalue weighted by molar-refractivity contribution is -0.150. The Balaban J connectivity index is 3.63. The van der Waals surface area contributed by atoms with Crippen LogP contribution < -0.4 is 5.32 Å². The number of ether oxygens (including phenoxy) is 1. The standard InChI is InChI=1S/C38H73NO5/c1-3-5-7-9-11-13-15-17-19-20-22-24-26-28-30-32-36(40)39-35(38(42)43)34-37(41)44-33-31-29-27-25-23-21-18-16-14-12-10-8-6-4-2/h35H,3-34H2,1-2H3,(H,39,40)(H,42,43)/t35-/m0/s1. The zero-order valence-electron chi connectivity index (χ0n) is 29.3. The summed E-state index contributed by atoms with van der Waals surface area (Å²) in [5.41, 5.74) is 0. The average Bonchev–Trinajstić information content (AvgIpc) is 3.00. The van der Waals surface area contributed by atoms with Crippen LogP contribution in [0.5, 0.6) is 0 Å². The van der Waals surface area contributed by atoms with Crippen LogP contribution in [-0.4, -0.2) is 35.6 Å². The van der Waals surface area contributed by atoms with Crippen molar-refractivity contribution in [2.75, 3.05) is 6.61 Å². The van der Waals surface area contributed by atoms with Crippen LogP contribution in [0.1, 0.15) is 213 Å². The van der Waals surface area contributed by atoms with E-state index < -0.39 is 18.0 Å². The number of aliphatic carboxylic acids is 1. The molecular weight excluding hydrogens is 550 g/mol. The van der Waals surface area contributed by atoms with Gasteiger partial charge >= 0.3 is 11.9 Å². The molecule has 260 valence electrons. The Morgan fingerprint density at radius 1 is 0.500 bits per heavy atom. The Bertz CT molecular complexity index is 605. The molecule has 0 spiro atoms. The second-order valence-corrected chi connectivity index (χ2v) is 13.2. The van der Waals surface area contributed by atoms with Crippen LogP contribution in [0.25, 0.3) is 0 Å². The molecule has 6 heteroatoms. The van der Waals surface area contributed by atoms with Gasteiger partial charge in [0.15, 0.2) is 0 Å². The molecule has 2 N–H and O–H groups in total. The lowest BCUT2D eigenvalue weighted by atomic mass is 10.0. The first-order valence-electron chi connectivity index (χ1n) is 19.2. The summed E-state index contributed by atoms with van der Waals surface area (Å²) < 4.78 is 5.25. The normalized spacial score (nSPS) is 11.9.